The Morgan fingerprint density at radius 1 is 0.500 bits per heavy atom. The molecule has 0 N–H and O–H groups in total. The summed E-state index contributed by atoms with van der Waals surface area (Å²) in [4.78, 5) is 0. The second-order valence-corrected chi connectivity index (χ2v) is 10.7. The quantitative estimate of drug-likeness (QED) is 0.677. The maximum absolute atomic E-state index is 12.6. The van der Waals surface area contributed by atoms with Crippen molar-refractivity contribution in [1.82, 2.24) is 0 Å². The molecule has 3 rings (SSSR count). The zero-order chi connectivity index (χ0) is 13.0. The third-order valence-electron chi connectivity index (χ3n) is 4.97. The highest BCUT2D eigenvalue weighted by Crippen LogP contribution is 2.44. The first-order chi connectivity index (χ1) is 8.45. The van der Waals surface area contributed by atoms with Gasteiger partial charge in [-0.2, -0.15) is 0 Å². The molecule has 2 aliphatic carbocycles. The van der Waals surface area contributed by atoms with E-state index in [0.29, 0.717) is 25.7 Å². The van der Waals surface area contributed by atoms with Gasteiger partial charge in [-0.25, -0.2) is 16.8 Å². The van der Waals surface area contributed by atoms with E-state index in [0.717, 1.165) is 25.7 Å². The molecule has 0 spiro atoms. The smallest absolute Gasteiger partial charge is 0.158 e. The third-order valence-corrected chi connectivity index (χ3v) is 10.9. The van der Waals surface area contributed by atoms with Gasteiger partial charge in [-0.05, 0) is 25.7 Å². The summed E-state index contributed by atoms with van der Waals surface area (Å²) in [5.74, 6) is 0. The molecule has 0 aromatic carbocycles. The number of sulfone groups is 2. The van der Waals surface area contributed by atoms with Crippen molar-refractivity contribution in [3.05, 3.63) is 0 Å². The van der Waals surface area contributed by atoms with Crippen LogP contribution in [0, 0.1) is 0 Å². The molecule has 3 aliphatic rings. The van der Waals surface area contributed by atoms with Gasteiger partial charge in [0.2, 0.25) is 0 Å². The molecule has 1 saturated heterocycles. The summed E-state index contributed by atoms with van der Waals surface area (Å²) in [6, 6.07) is 0. The van der Waals surface area contributed by atoms with Crippen LogP contribution in [0.3, 0.4) is 0 Å². The minimum atomic E-state index is -3.23. The largest absolute Gasteiger partial charge is 0.228 e. The van der Waals surface area contributed by atoms with E-state index in [9.17, 15) is 16.8 Å². The molecule has 0 aromatic heterocycles. The van der Waals surface area contributed by atoms with Gasteiger partial charge in [0.15, 0.2) is 19.7 Å². The first kappa shape index (κ1) is 12.9. The summed E-state index contributed by atoms with van der Waals surface area (Å²) in [6.45, 7) is 0. The van der Waals surface area contributed by atoms with Crippen molar-refractivity contribution in [3.63, 3.8) is 0 Å². The van der Waals surface area contributed by atoms with E-state index in [1.807, 2.05) is 0 Å². The van der Waals surface area contributed by atoms with Gasteiger partial charge in [0, 0.05) is 0 Å². The molecular weight excluding hydrogens is 272 g/mol. The summed E-state index contributed by atoms with van der Waals surface area (Å²) < 4.78 is 50.4. The van der Waals surface area contributed by atoms with Gasteiger partial charge in [0.05, 0.1) is 21.0 Å². The molecule has 4 unspecified atom stereocenters. The van der Waals surface area contributed by atoms with Crippen LogP contribution < -0.4 is 0 Å². The second-order valence-electron chi connectivity index (χ2n) is 5.90. The van der Waals surface area contributed by atoms with E-state index >= 15 is 0 Å². The fourth-order valence-corrected chi connectivity index (χ4v) is 11.1. The lowest BCUT2D eigenvalue weighted by atomic mass is 9.98. The number of hydrogen-bond acceptors (Lipinski definition) is 4. The van der Waals surface area contributed by atoms with Gasteiger partial charge < -0.3 is 0 Å². The number of hydrogen-bond donors (Lipinski definition) is 0. The molecule has 4 atom stereocenters. The van der Waals surface area contributed by atoms with Crippen LogP contribution in [-0.2, 0) is 19.7 Å². The van der Waals surface area contributed by atoms with Crippen molar-refractivity contribution >= 4 is 19.7 Å². The van der Waals surface area contributed by atoms with Crippen LogP contribution in [0.5, 0.6) is 0 Å². The zero-order valence-electron chi connectivity index (χ0n) is 10.4. The minimum Gasteiger partial charge on any atom is -0.228 e. The Morgan fingerprint density at radius 3 is 0.944 bits per heavy atom. The molecule has 0 aromatic rings. The Bertz CT molecular complexity index is 448. The van der Waals surface area contributed by atoms with Gasteiger partial charge >= 0.3 is 0 Å². The standard InChI is InChI=1S/C12H20O4S2/c13-17(14)9-5-1-2-6-10(9)18(15,16)12-8-4-3-7-11(12)17/h9-12H,1-8H2. The highest BCUT2D eigenvalue weighted by Gasteiger charge is 2.57. The molecule has 6 heteroatoms. The number of fused-ring (bicyclic) bond motifs is 2. The van der Waals surface area contributed by atoms with Gasteiger partial charge in [-0.1, -0.05) is 25.7 Å². The molecule has 2 saturated carbocycles. The average molecular weight is 292 g/mol. The van der Waals surface area contributed by atoms with Gasteiger partial charge in [0.25, 0.3) is 0 Å². The highest BCUT2D eigenvalue weighted by atomic mass is 32.2. The Hall–Kier alpha value is -0.100. The number of rotatable bonds is 0. The van der Waals surface area contributed by atoms with Crippen molar-refractivity contribution < 1.29 is 16.8 Å². The molecule has 3 fully saturated rings. The predicted molar refractivity (Wildman–Crippen MR) is 69.9 cm³/mol. The van der Waals surface area contributed by atoms with E-state index in [-0.39, 0.29) is 0 Å². The van der Waals surface area contributed by atoms with Crippen LogP contribution in [0.4, 0.5) is 0 Å². The topological polar surface area (TPSA) is 68.3 Å². The molecule has 0 radical (unpaired) electrons. The van der Waals surface area contributed by atoms with Gasteiger partial charge in [0.1, 0.15) is 0 Å². The van der Waals surface area contributed by atoms with Crippen LogP contribution in [0.15, 0.2) is 0 Å². The van der Waals surface area contributed by atoms with Gasteiger partial charge in [-0.3, -0.25) is 0 Å². The van der Waals surface area contributed by atoms with Crippen molar-refractivity contribution in [2.75, 3.05) is 0 Å². The Morgan fingerprint density at radius 2 is 0.722 bits per heavy atom. The minimum absolute atomic E-state index is 0.551. The van der Waals surface area contributed by atoms with Crippen molar-refractivity contribution in [1.29, 1.82) is 0 Å². The van der Waals surface area contributed by atoms with E-state index in [1.165, 1.54) is 0 Å². The molecule has 0 amide bonds. The lowest BCUT2D eigenvalue weighted by Gasteiger charge is -2.44. The predicted octanol–water partition coefficient (Wildman–Crippen LogP) is 1.45. The average Bonchev–Trinajstić information content (AvgIpc) is 2.37. The molecule has 104 valence electrons. The highest BCUT2D eigenvalue weighted by molar-refractivity contribution is 8.00. The maximum atomic E-state index is 12.6. The Labute approximate surface area is 109 Å². The van der Waals surface area contributed by atoms with Crippen LogP contribution in [0.25, 0.3) is 0 Å². The van der Waals surface area contributed by atoms with Crippen LogP contribution in [0.1, 0.15) is 51.4 Å². The molecule has 4 nitrogen and oxygen atoms in total. The van der Waals surface area contributed by atoms with Crippen molar-refractivity contribution in [3.8, 4) is 0 Å². The van der Waals surface area contributed by atoms with E-state index in [2.05, 4.69) is 0 Å². The molecular formula is C12H20O4S2. The lowest BCUT2D eigenvalue weighted by Crippen LogP contribution is -2.59. The van der Waals surface area contributed by atoms with Crippen LogP contribution >= 0.6 is 0 Å². The molecule has 0 bridgehead atoms. The maximum Gasteiger partial charge on any atom is 0.158 e. The SMILES string of the molecule is O=S1(=O)C2CCCCC2S(=O)(=O)C2CCCCC21. The molecule has 1 aliphatic heterocycles. The fraction of sp³-hybridized carbons (Fsp3) is 1.00. The Kier molecular flexibility index (Phi) is 3.01. The summed E-state index contributed by atoms with van der Waals surface area (Å²) in [5, 5.41) is -2.41. The van der Waals surface area contributed by atoms with E-state index < -0.39 is 40.7 Å². The van der Waals surface area contributed by atoms with Crippen molar-refractivity contribution in [2.45, 2.75) is 72.4 Å². The third kappa shape index (κ3) is 1.68. The zero-order valence-corrected chi connectivity index (χ0v) is 12.0. The summed E-state index contributed by atoms with van der Waals surface area (Å²) in [5.41, 5.74) is 0. The monoisotopic (exact) mass is 292 g/mol. The molecule has 1 heterocycles. The fourth-order valence-electron chi connectivity index (χ4n) is 4.08. The summed E-state index contributed by atoms with van der Waals surface area (Å²) in [6.07, 6.45) is 5.62. The lowest BCUT2D eigenvalue weighted by molar-refractivity contribution is 0.411. The summed E-state index contributed by atoms with van der Waals surface area (Å²) in [7, 11) is -6.47. The van der Waals surface area contributed by atoms with Crippen LogP contribution in [0.2, 0.25) is 0 Å². The first-order valence-corrected chi connectivity index (χ1v) is 10.1. The second kappa shape index (κ2) is 4.20. The molecule has 18 heavy (non-hydrogen) atoms. The summed E-state index contributed by atoms with van der Waals surface area (Å²) >= 11 is 0. The van der Waals surface area contributed by atoms with E-state index in [4.69, 9.17) is 0 Å². The first-order valence-electron chi connectivity index (χ1n) is 6.91. The van der Waals surface area contributed by atoms with Crippen molar-refractivity contribution in [2.24, 2.45) is 0 Å². The normalized spacial score (nSPS) is 45.8. The van der Waals surface area contributed by atoms with E-state index in [1.54, 1.807) is 0 Å². The van der Waals surface area contributed by atoms with Crippen LogP contribution in [-0.4, -0.2) is 37.8 Å². The van der Waals surface area contributed by atoms with Gasteiger partial charge in [-0.15, -0.1) is 0 Å². The Balaban J connectivity index is 2.10.